The van der Waals surface area contributed by atoms with Crippen LogP contribution in [0, 0.1) is 14.9 Å². The molecule has 0 aliphatic heterocycles. The highest BCUT2D eigenvalue weighted by molar-refractivity contribution is 14.1. The monoisotopic (exact) mass is 359 g/mol. The summed E-state index contributed by atoms with van der Waals surface area (Å²) >= 11 is 2.23. The smallest absolute Gasteiger partial charge is 0.185 e. The second kappa shape index (κ2) is 6.30. The van der Waals surface area contributed by atoms with Crippen molar-refractivity contribution in [3.8, 4) is 6.07 Å². The number of carbonyl (C=O) groups excluding carboxylic acids is 1. The van der Waals surface area contributed by atoms with Gasteiger partial charge in [-0.25, -0.2) is 0 Å². The summed E-state index contributed by atoms with van der Waals surface area (Å²) in [6, 6.07) is 16.5. The highest BCUT2D eigenvalue weighted by Gasteiger charge is 2.02. The van der Waals surface area contributed by atoms with Crippen molar-refractivity contribution < 1.29 is 4.79 Å². The van der Waals surface area contributed by atoms with Gasteiger partial charge < -0.3 is 0 Å². The number of nitriles is 1. The molecule has 0 radical (unpaired) electrons. The maximum Gasteiger partial charge on any atom is 0.185 e. The minimum atomic E-state index is -0.0656. The normalized spacial score (nSPS) is 10.3. The predicted molar refractivity (Wildman–Crippen MR) is 83.7 cm³/mol. The van der Waals surface area contributed by atoms with Gasteiger partial charge in [-0.1, -0.05) is 24.3 Å². The predicted octanol–water partition coefficient (Wildman–Crippen LogP) is 4.06. The molecule has 92 valence electrons. The summed E-state index contributed by atoms with van der Waals surface area (Å²) in [6.45, 7) is 0. The lowest BCUT2D eigenvalue weighted by molar-refractivity contribution is 0.104. The second-order valence-corrected chi connectivity index (χ2v) is 5.07. The Hall–Kier alpha value is -1.93. The number of halogens is 1. The van der Waals surface area contributed by atoms with Crippen LogP contribution in [0.2, 0.25) is 0 Å². The van der Waals surface area contributed by atoms with E-state index in [1.165, 1.54) is 0 Å². The summed E-state index contributed by atoms with van der Waals surface area (Å²) < 4.78 is 1.10. The Morgan fingerprint density at radius 2 is 1.79 bits per heavy atom. The Kier molecular flexibility index (Phi) is 4.48. The first-order chi connectivity index (χ1) is 9.20. The van der Waals surface area contributed by atoms with E-state index in [4.69, 9.17) is 5.26 Å². The highest BCUT2D eigenvalue weighted by atomic mass is 127. The van der Waals surface area contributed by atoms with Crippen LogP contribution in [0.5, 0.6) is 0 Å². The van der Waals surface area contributed by atoms with Crippen molar-refractivity contribution in [2.75, 3.05) is 0 Å². The molecule has 0 N–H and O–H groups in total. The van der Waals surface area contributed by atoms with Crippen molar-refractivity contribution in [2.24, 2.45) is 0 Å². The van der Waals surface area contributed by atoms with Gasteiger partial charge in [0.15, 0.2) is 5.78 Å². The van der Waals surface area contributed by atoms with Crippen LogP contribution in [0.4, 0.5) is 0 Å². The SMILES string of the molecule is N#Cc1ccc(C(=O)/C=C/c2ccccc2I)cc1. The van der Waals surface area contributed by atoms with Gasteiger partial charge in [0.1, 0.15) is 0 Å². The van der Waals surface area contributed by atoms with Gasteiger partial charge in [0.2, 0.25) is 0 Å². The third-order valence-corrected chi connectivity index (χ3v) is 3.60. The lowest BCUT2D eigenvalue weighted by atomic mass is 10.1. The van der Waals surface area contributed by atoms with Crippen molar-refractivity contribution in [2.45, 2.75) is 0 Å². The van der Waals surface area contributed by atoms with Crippen molar-refractivity contribution in [3.05, 3.63) is 74.9 Å². The van der Waals surface area contributed by atoms with Crippen LogP contribution in [0.25, 0.3) is 6.08 Å². The van der Waals surface area contributed by atoms with Gasteiger partial charge in [-0.05, 0) is 64.6 Å². The van der Waals surface area contributed by atoms with Crippen LogP contribution in [0.1, 0.15) is 21.5 Å². The molecule has 0 aliphatic rings. The summed E-state index contributed by atoms with van der Waals surface area (Å²) in [6.07, 6.45) is 3.36. The van der Waals surface area contributed by atoms with Crippen molar-refractivity contribution >= 4 is 34.5 Å². The largest absolute Gasteiger partial charge is 0.289 e. The highest BCUT2D eigenvalue weighted by Crippen LogP contribution is 2.14. The zero-order chi connectivity index (χ0) is 13.7. The van der Waals surface area contributed by atoms with E-state index in [0.717, 1.165) is 9.13 Å². The first kappa shape index (κ1) is 13.5. The number of ketones is 1. The number of benzene rings is 2. The van der Waals surface area contributed by atoms with Gasteiger partial charge in [0.05, 0.1) is 11.6 Å². The van der Waals surface area contributed by atoms with Gasteiger partial charge in [-0.15, -0.1) is 0 Å². The average molecular weight is 359 g/mol. The standard InChI is InChI=1S/C16H10INO/c17-15-4-2-1-3-13(15)9-10-16(19)14-7-5-12(11-18)6-8-14/h1-10H/b10-9+. The maximum atomic E-state index is 12.0. The minimum Gasteiger partial charge on any atom is -0.289 e. The molecule has 3 heteroatoms. The van der Waals surface area contributed by atoms with Gasteiger partial charge in [-0.3, -0.25) is 4.79 Å². The molecule has 2 aromatic rings. The fraction of sp³-hybridized carbons (Fsp3) is 0. The summed E-state index contributed by atoms with van der Waals surface area (Å²) in [5, 5.41) is 8.70. The van der Waals surface area contributed by atoms with E-state index in [2.05, 4.69) is 22.6 Å². The van der Waals surface area contributed by atoms with Crippen molar-refractivity contribution in [1.82, 2.24) is 0 Å². The molecule has 2 nitrogen and oxygen atoms in total. The fourth-order valence-electron chi connectivity index (χ4n) is 1.58. The van der Waals surface area contributed by atoms with Crippen LogP contribution < -0.4 is 0 Å². The van der Waals surface area contributed by atoms with E-state index in [-0.39, 0.29) is 5.78 Å². The molecule has 0 saturated carbocycles. The van der Waals surface area contributed by atoms with E-state index in [0.29, 0.717) is 11.1 Å². The van der Waals surface area contributed by atoms with Crippen LogP contribution in [-0.2, 0) is 0 Å². The lowest BCUT2D eigenvalue weighted by Gasteiger charge is -1.98. The Labute approximate surface area is 125 Å². The molecule has 2 aromatic carbocycles. The molecule has 0 heterocycles. The third-order valence-electron chi connectivity index (χ3n) is 2.62. The maximum absolute atomic E-state index is 12.0. The molecule has 0 atom stereocenters. The topological polar surface area (TPSA) is 40.9 Å². The van der Waals surface area contributed by atoms with Gasteiger partial charge >= 0.3 is 0 Å². The summed E-state index contributed by atoms with van der Waals surface area (Å²) in [4.78, 5) is 12.0. The minimum absolute atomic E-state index is 0.0656. The Balaban J connectivity index is 2.17. The molecule has 2 rings (SSSR count). The van der Waals surface area contributed by atoms with Crippen LogP contribution in [-0.4, -0.2) is 5.78 Å². The molecule has 0 bridgehead atoms. The summed E-state index contributed by atoms with van der Waals surface area (Å²) in [5.74, 6) is -0.0656. The zero-order valence-corrected chi connectivity index (χ0v) is 12.2. The molecule has 0 aromatic heterocycles. The number of nitrogens with zero attached hydrogens (tertiary/aromatic N) is 1. The van der Waals surface area contributed by atoms with E-state index >= 15 is 0 Å². The molecule has 0 spiro atoms. The molecule has 0 aliphatic carbocycles. The first-order valence-electron chi connectivity index (χ1n) is 5.68. The second-order valence-electron chi connectivity index (χ2n) is 3.91. The number of carbonyl (C=O) groups is 1. The summed E-state index contributed by atoms with van der Waals surface area (Å²) in [5.41, 5.74) is 2.16. The Bertz CT molecular complexity index is 666. The van der Waals surface area contributed by atoms with Gasteiger partial charge in [-0.2, -0.15) is 5.26 Å². The molecule has 0 unspecified atom stereocenters. The number of allylic oxidation sites excluding steroid dienone is 1. The Morgan fingerprint density at radius 3 is 2.42 bits per heavy atom. The quantitative estimate of drug-likeness (QED) is 0.471. The third kappa shape index (κ3) is 3.52. The van der Waals surface area contributed by atoms with Gasteiger partial charge in [0.25, 0.3) is 0 Å². The first-order valence-corrected chi connectivity index (χ1v) is 6.75. The molecule has 0 saturated heterocycles. The fourth-order valence-corrected chi connectivity index (χ4v) is 2.15. The van der Waals surface area contributed by atoms with E-state index in [1.807, 2.05) is 36.4 Å². The molecule has 0 amide bonds. The Morgan fingerprint density at radius 1 is 1.11 bits per heavy atom. The molecular weight excluding hydrogens is 349 g/mol. The van der Waals surface area contributed by atoms with Crippen molar-refractivity contribution in [3.63, 3.8) is 0 Å². The van der Waals surface area contributed by atoms with E-state index in [9.17, 15) is 4.79 Å². The zero-order valence-electron chi connectivity index (χ0n) is 10.0. The van der Waals surface area contributed by atoms with Crippen molar-refractivity contribution in [1.29, 1.82) is 5.26 Å². The van der Waals surface area contributed by atoms with Crippen LogP contribution in [0.15, 0.2) is 54.6 Å². The molecule has 0 fully saturated rings. The lowest BCUT2D eigenvalue weighted by Crippen LogP contribution is -1.94. The van der Waals surface area contributed by atoms with Crippen LogP contribution in [0.3, 0.4) is 0 Å². The molecule has 19 heavy (non-hydrogen) atoms. The summed E-state index contributed by atoms with van der Waals surface area (Å²) in [7, 11) is 0. The van der Waals surface area contributed by atoms with E-state index < -0.39 is 0 Å². The molecular formula is C16H10INO. The average Bonchev–Trinajstić information content (AvgIpc) is 2.46. The number of hydrogen-bond donors (Lipinski definition) is 0. The van der Waals surface area contributed by atoms with E-state index in [1.54, 1.807) is 30.3 Å². The van der Waals surface area contributed by atoms with Crippen LogP contribution >= 0.6 is 22.6 Å². The number of hydrogen-bond acceptors (Lipinski definition) is 2. The van der Waals surface area contributed by atoms with Gasteiger partial charge in [0, 0.05) is 9.13 Å². The number of rotatable bonds is 3.